The number of ether oxygens (including phenoxy) is 5. The molecular formula is C37H42N6O8. The minimum atomic E-state index is -0.828. The van der Waals surface area contributed by atoms with Gasteiger partial charge in [0.1, 0.15) is 12.6 Å². The normalized spacial score (nSPS) is 17.1. The Labute approximate surface area is 295 Å². The minimum Gasteiger partial charge on any atom is -0.493 e. The number of nitrogens with one attached hydrogen (secondary N) is 4. The number of aromatic amines is 1. The number of rotatable bonds is 11. The fourth-order valence-corrected chi connectivity index (χ4v) is 6.51. The molecule has 14 nitrogen and oxygen atoms in total. The molecular weight excluding hydrogens is 656 g/mol. The van der Waals surface area contributed by atoms with Crippen LogP contribution in [0.5, 0.6) is 28.7 Å². The lowest BCUT2D eigenvalue weighted by molar-refractivity contribution is -0.120. The second-order valence-electron chi connectivity index (χ2n) is 12.5. The highest BCUT2D eigenvalue weighted by atomic mass is 16.6. The summed E-state index contributed by atoms with van der Waals surface area (Å²) in [6, 6.07) is 12.9. The van der Waals surface area contributed by atoms with Gasteiger partial charge in [0.15, 0.2) is 34.9 Å². The highest BCUT2D eigenvalue weighted by Gasteiger charge is 2.31. The van der Waals surface area contributed by atoms with E-state index in [0.29, 0.717) is 65.0 Å². The van der Waals surface area contributed by atoms with Gasteiger partial charge in [-0.25, -0.2) is 0 Å². The van der Waals surface area contributed by atoms with Crippen molar-refractivity contribution in [2.24, 2.45) is 5.92 Å². The molecule has 1 aliphatic heterocycles. The molecule has 0 bridgehead atoms. The summed E-state index contributed by atoms with van der Waals surface area (Å²) in [5.41, 5.74) is 2.77. The molecule has 268 valence electrons. The van der Waals surface area contributed by atoms with Gasteiger partial charge in [-0.2, -0.15) is 4.98 Å². The Morgan fingerprint density at radius 1 is 1.04 bits per heavy atom. The monoisotopic (exact) mass is 698 g/mol. The van der Waals surface area contributed by atoms with Gasteiger partial charge in [-0.15, -0.1) is 5.10 Å². The largest absolute Gasteiger partial charge is 0.493 e. The van der Waals surface area contributed by atoms with E-state index in [2.05, 4.69) is 31.1 Å². The first-order chi connectivity index (χ1) is 24.6. The molecule has 2 heterocycles. The molecule has 3 aromatic carbocycles. The molecule has 1 aliphatic carbocycles. The third kappa shape index (κ3) is 7.12. The third-order valence-corrected chi connectivity index (χ3v) is 9.27. The van der Waals surface area contributed by atoms with Crippen LogP contribution in [0.1, 0.15) is 62.7 Å². The average molecular weight is 699 g/mol. The maximum atomic E-state index is 14.0. The summed E-state index contributed by atoms with van der Waals surface area (Å²) in [6.45, 7) is 5.54. The summed E-state index contributed by atoms with van der Waals surface area (Å²) in [6.07, 6.45) is 1.18. The maximum Gasteiger partial charge on any atom is 0.249 e. The van der Waals surface area contributed by atoms with Crippen molar-refractivity contribution in [3.05, 3.63) is 75.7 Å². The van der Waals surface area contributed by atoms with Gasteiger partial charge in [0.05, 0.1) is 33.1 Å². The van der Waals surface area contributed by atoms with E-state index in [1.165, 1.54) is 20.1 Å². The van der Waals surface area contributed by atoms with E-state index < -0.39 is 24.1 Å². The summed E-state index contributed by atoms with van der Waals surface area (Å²) < 4.78 is 29.0. The Kier molecular flexibility index (Phi) is 10.3. The number of para-hydroxylation sites is 2. The first-order valence-electron chi connectivity index (χ1n) is 16.8. The number of amides is 2. The van der Waals surface area contributed by atoms with Gasteiger partial charge in [-0.3, -0.25) is 24.8 Å². The number of anilines is 2. The van der Waals surface area contributed by atoms with E-state index >= 15 is 0 Å². The molecule has 4 N–H and O–H groups in total. The number of carbonyl (C=O) groups is 2. The SMILES string of the molecule is CCC(C)C(Nc1ccc2c(cc1=O)C(NC(C)=O)CCc1cc(OC)c(OC)c(OC)c1-2)C(=O)Nc1n[nH]c(C2COc3ccccc3O2)n1. The number of fused-ring (bicyclic) bond motifs is 4. The van der Waals surface area contributed by atoms with Gasteiger partial charge in [-0.1, -0.05) is 38.5 Å². The van der Waals surface area contributed by atoms with Crippen LogP contribution < -0.4 is 45.1 Å². The second kappa shape index (κ2) is 15.0. The van der Waals surface area contributed by atoms with E-state index in [1.54, 1.807) is 26.4 Å². The van der Waals surface area contributed by atoms with Crippen molar-refractivity contribution in [2.45, 2.75) is 58.2 Å². The molecule has 6 rings (SSSR count). The quantitative estimate of drug-likeness (QED) is 0.167. The van der Waals surface area contributed by atoms with Crippen LogP contribution in [0.3, 0.4) is 0 Å². The molecule has 0 fully saturated rings. The fourth-order valence-electron chi connectivity index (χ4n) is 6.51. The zero-order valence-electron chi connectivity index (χ0n) is 29.4. The zero-order valence-corrected chi connectivity index (χ0v) is 29.4. The topological polar surface area (TPSA) is 175 Å². The number of aryl methyl sites for hydroxylation is 1. The van der Waals surface area contributed by atoms with Crippen molar-refractivity contribution >= 4 is 23.5 Å². The van der Waals surface area contributed by atoms with Crippen molar-refractivity contribution in [1.29, 1.82) is 0 Å². The zero-order chi connectivity index (χ0) is 36.2. The molecule has 51 heavy (non-hydrogen) atoms. The summed E-state index contributed by atoms with van der Waals surface area (Å²) >= 11 is 0. The fraction of sp³-hybridized carbons (Fsp3) is 0.378. The first kappa shape index (κ1) is 35.1. The number of aromatic nitrogens is 3. The Morgan fingerprint density at radius 3 is 2.51 bits per heavy atom. The number of nitrogens with zero attached hydrogens (tertiary/aromatic N) is 2. The summed E-state index contributed by atoms with van der Waals surface area (Å²) in [4.78, 5) is 44.6. The Bertz CT molecular complexity index is 2000. The summed E-state index contributed by atoms with van der Waals surface area (Å²) in [7, 11) is 4.63. The number of benzene rings is 2. The van der Waals surface area contributed by atoms with Crippen molar-refractivity contribution in [3.63, 3.8) is 0 Å². The predicted molar refractivity (Wildman–Crippen MR) is 190 cm³/mol. The third-order valence-electron chi connectivity index (χ3n) is 9.27. The van der Waals surface area contributed by atoms with E-state index in [4.69, 9.17) is 23.7 Å². The van der Waals surface area contributed by atoms with Crippen molar-refractivity contribution < 1.29 is 33.3 Å². The van der Waals surface area contributed by atoms with E-state index in [1.807, 2.05) is 44.2 Å². The number of methoxy groups -OCH3 is 3. The Balaban J connectivity index is 1.32. The number of carbonyl (C=O) groups excluding carboxylic acids is 2. The predicted octanol–water partition coefficient (Wildman–Crippen LogP) is 4.96. The summed E-state index contributed by atoms with van der Waals surface area (Å²) in [5.74, 6) is 2.20. The number of H-pyrrole nitrogens is 1. The molecule has 4 aromatic rings. The molecule has 0 spiro atoms. The van der Waals surface area contributed by atoms with E-state index in [9.17, 15) is 14.4 Å². The van der Waals surface area contributed by atoms with Crippen LogP contribution in [0.4, 0.5) is 11.6 Å². The van der Waals surface area contributed by atoms with Gasteiger partial charge < -0.3 is 34.3 Å². The van der Waals surface area contributed by atoms with Crippen molar-refractivity contribution in [3.8, 4) is 39.9 Å². The van der Waals surface area contributed by atoms with Gasteiger partial charge in [0.25, 0.3) is 0 Å². The summed E-state index contributed by atoms with van der Waals surface area (Å²) in [5, 5.41) is 16.0. The van der Waals surface area contributed by atoms with Gasteiger partial charge in [-0.05, 0) is 65.8 Å². The van der Waals surface area contributed by atoms with Crippen molar-refractivity contribution in [2.75, 3.05) is 38.6 Å². The molecule has 2 amide bonds. The molecule has 1 aromatic heterocycles. The van der Waals surface area contributed by atoms with Crippen LogP contribution in [0, 0.1) is 5.92 Å². The molecule has 14 heteroatoms. The highest BCUT2D eigenvalue weighted by Crippen LogP contribution is 2.50. The lowest BCUT2D eigenvalue weighted by Gasteiger charge is -2.24. The molecule has 0 radical (unpaired) electrons. The van der Waals surface area contributed by atoms with Crippen LogP contribution >= 0.6 is 0 Å². The van der Waals surface area contributed by atoms with Crippen LogP contribution in [0.25, 0.3) is 11.1 Å². The van der Waals surface area contributed by atoms with Crippen LogP contribution in [0.2, 0.25) is 0 Å². The standard InChI is InChI=1S/C37H42N6O8/c1-7-19(2)32(36(46)41-37-40-35(42-43-37)30-18-50-27-10-8-9-11-28(27)51-30)39-25-15-13-22-23(17-26(25)45)24(38-20(3)44)14-12-21-16-29(47-4)33(48-5)34(49-6)31(21)22/h8-11,13,15-17,19,24,30,32H,7,12,14,18H2,1-6H3,(H,38,44)(H,39,45)(H2,40,41,42,43,46). The Morgan fingerprint density at radius 2 is 1.80 bits per heavy atom. The minimum absolute atomic E-state index is 0.0615. The lowest BCUT2D eigenvalue weighted by Crippen LogP contribution is -2.41. The van der Waals surface area contributed by atoms with Gasteiger partial charge >= 0.3 is 0 Å². The smallest absolute Gasteiger partial charge is 0.249 e. The number of hydrogen-bond acceptors (Lipinski definition) is 11. The molecule has 0 saturated carbocycles. The highest BCUT2D eigenvalue weighted by molar-refractivity contribution is 5.95. The molecule has 2 aliphatic rings. The van der Waals surface area contributed by atoms with E-state index in [-0.39, 0.29) is 35.5 Å². The van der Waals surface area contributed by atoms with Crippen LogP contribution in [0.15, 0.2) is 53.3 Å². The lowest BCUT2D eigenvalue weighted by atomic mass is 9.95. The van der Waals surface area contributed by atoms with Gasteiger partial charge in [0, 0.05) is 12.5 Å². The number of hydrogen-bond donors (Lipinski definition) is 4. The van der Waals surface area contributed by atoms with Gasteiger partial charge in [0.2, 0.25) is 28.9 Å². The molecule has 0 saturated heterocycles. The molecule has 4 unspecified atom stereocenters. The maximum absolute atomic E-state index is 14.0. The molecule has 4 atom stereocenters. The van der Waals surface area contributed by atoms with Crippen LogP contribution in [-0.2, 0) is 16.0 Å². The van der Waals surface area contributed by atoms with Crippen molar-refractivity contribution in [1.82, 2.24) is 20.5 Å². The Hall–Kier alpha value is -5.79. The average Bonchev–Trinajstić information content (AvgIpc) is 3.48. The van der Waals surface area contributed by atoms with Crippen LogP contribution in [-0.4, -0.2) is 61.0 Å². The van der Waals surface area contributed by atoms with E-state index in [0.717, 1.165) is 11.1 Å². The first-order valence-corrected chi connectivity index (χ1v) is 16.8. The second-order valence-corrected chi connectivity index (χ2v) is 12.5.